The second-order valence-electron chi connectivity index (χ2n) is 4.09. The highest BCUT2D eigenvalue weighted by Gasteiger charge is 2.02. The Morgan fingerprint density at radius 3 is 2.44 bits per heavy atom. The van der Waals surface area contributed by atoms with Crippen molar-refractivity contribution in [1.82, 2.24) is 0 Å². The van der Waals surface area contributed by atoms with Crippen molar-refractivity contribution in [2.24, 2.45) is 0 Å². The molecular weight excluding hydrogens is 272 g/mol. The van der Waals surface area contributed by atoms with Gasteiger partial charge in [-0.05, 0) is 12.8 Å². The Balaban J connectivity index is 1.84. The molecule has 1 heterocycles. The highest BCUT2D eigenvalue weighted by Crippen LogP contribution is 2.13. The molecule has 1 N–H and O–H groups in total. The summed E-state index contributed by atoms with van der Waals surface area (Å²) in [6.45, 7) is 0.687. The van der Waals surface area contributed by atoms with Crippen LogP contribution in [0.25, 0.3) is 0 Å². The lowest BCUT2D eigenvalue weighted by Crippen LogP contribution is -2.03. The van der Waals surface area contributed by atoms with Gasteiger partial charge in [0.25, 0.3) is 10.1 Å². The first kappa shape index (κ1) is 15.5. The van der Waals surface area contributed by atoms with Gasteiger partial charge in [0.2, 0.25) is 0 Å². The summed E-state index contributed by atoms with van der Waals surface area (Å²) in [5.74, 6) is 0.633. The molecule has 102 valence electrons. The first-order valence-electron chi connectivity index (χ1n) is 6.03. The maximum atomic E-state index is 10.5. The van der Waals surface area contributed by atoms with Gasteiger partial charge in [-0.1, -0.05) is 25.7 Å². The molecule has 18 heavy (non-hydrogen) atoms. The summed E-state index contributed by atoms with van der Waals surface area (Å²) < 4.78 is 34.9. The van der Waals surface area contributed by atoms with Gasteiger partial charge in [0.1, 0.15) is 5.75 Å². The predicted octanol–water partition coefficient (Wildman–Crippen LogP) is 2.96. The molecule has 0 bridgehead atoms. The molecule has 1 aromatic rings. The third-order valence-electron chi connectivity index (χ3n) is 2.45. The molecule has 0 aromatic carbocycles. The van der Waals surface area contributed by atoms with Crippen LogP contribution in [0.4, 0.5) is 0 Å². The van der Waals surface area contributed by atoms with E-state index in [2.05, 4.69) is 10.8 Å². The van der Waals surface area contributed by atoms with E-state index in [1.54, 1.807) is 6.07 Å². The average molecular weight is 290 g/mol. The van der Waals surface area contributed by atoms with Gasteiger partial charge in [-0.25, -0.2) is 0 Å². The van der Waals surface area contributed by atoms with E-state index in [1.807, 2.05) is 0 Å². The van der Waals surface area contributed by atoms with Crippen molar-refractivity contribution in [2.45, 2.75) is 38.5 Å². The maximum absolute atomic E-state index is 10.5. The standard InChI is InChI=1S/C12H18O4S2/c13-18(14,15)10-6-4-2-1-3-5-8-16-12-7-9-17-11-12/h7H,1-6,8,10H2,(H,13,14,15). The Bertz CT molecular complexity index is 398. The van der Waals surface area contributed by atoms with E-state index in [4.69, 9.17) is 9.29 Å². The topological polar surface area (TPSA) is 63.6 Å². The van der Waals surface area contributed by atoms with E-state index < -0.39 is 10.1 Å². The zero-order valence-corrected chi connectivity index (χ0v) is 11.9. The van der Waals surface area contributed by atoms with Crippen LogP contribution in [0.2, 0.25) is 0 Å². The van der Waals surface area contributed by atoms with Crippen LogP contribution in [0, 0.1) is 10.8 Å². The Labute approximate surface area is 113 Å². The lowest BCUT2D eigenvalue weighted by atomic mass is 10.1. The minimum absolute atomic E-state index is 0.124. The average Bonchev–Trinajstić information content (AvgIpc) is 2.78. The second-order valence-corrected chi connectivity index (χ2v) is 6.30. The van der Waals surface area contributed by atoms with Gasteiger partial charge in [-0.2, -0.15) is 8.42 Å². The minimum Gasteiger partial charge on any atom is -0.492 e. The fourth-order valence-corrected chi connectivity index (χ4v) is 2.55. The third-order valence-corrected chi connectivity index (χ3v) is 3.80. The van der Waals surface area contributed by atoms with Crippen molar-refractivity contribution >= 4 is 21.5 Å². The lowest BCUT2D eigenvalue weighted by Gasteiger charge is -2.03. The van der Waals surface area contributed by atoms with E-state index in [0.29, 0.717) is 13.0 Å². The SMILES string of the molecule is O=S(=O)(O)CCCCCCCCOc1[c]s[c]c1. The van der Waals surface area contributed by atoms with Gasteiger partial charge in [0, 0.05) is 11.4 Å². The molecule has 0 spiro atoms. The van der Waals surface area contributed by atoms with Crippen LogP contribution in [0.1, 0.15) is 38.5 Å². The molecule has 1 aromatic heterocycles. The Kier molecular flexibility index (Phi) is 7.31. The highest BCUT2D eigenvalue weighted by molar-refractivity contribution is 7.85. The van der Waals surface area contributed by atoms with Crippen molar-refractivity contribution < 1.29 is 17.7 Å². The molecule has 2 radical (unpaired) electrons. The number of unbranched alkanes of at least 4 members (excludes halogenated alkanes) is 5. The molecule has 4 nitrogen and oxygen atoms in total. The summed E-state index contributed by atoms with van der Waals surface area (Å²) in [6, 6.07) is 1.78. The predicted molar refractivity (Wildman–Crippen MR) is 71.6 cm³/mol. The molecule has 0 aliphatic heterocycles. The van der Waals surface area contributed by atoms with Gasteiger partial charge in [0.05, 0.1) is 17.7 Å². The van der Waals surface area contributed by atoms with Crippen molar-refractivity contribution in [1.29, 1.82) is 0 Å². The van der Waals surface area contributed by atoms with E-state index in [-0.39, 0.29) is 5.75 Å². The number of thiophene rings is 1. The fourth-order valence-electron chi connectivity index (χ4n) is 1.54. The number of ether oxygens (including phenoxy) is 1. The molecule has 0 saturated carbocycles. The van der Waals surface area contributed by atoms with Crippen molar-refractivity contribution in [3.05, 3.63) is 16.8 Å². The normalized spacial score (nSPS) is 11.6. The molecular formula is C12H18O4S2. The van der Waals surface area contributed by atoms with Gasteiger partial charge in [-0.15, -0.1) is 11.3 Å². The summed E-state index contributed by atoms with van der Waals surface area (Å²) in [5, 5.41) is 5.86. The summed E-state index contributed by atoms with van der Waals surface area (Å²) >= 11 is 1.37. The third kappa shape index (κ3) is 8.49. The molecule has 0 aliphatic rings. The monoisotopic (exact) mass is 290 g/mol. The maximum Gasteiger partial charge on any atom is 0.264 e. The first-order chi connectivity index (χ1) is 8.58. The molecule has 0 aliphatic carbocycles. The largest absolute Gasteiger partial charge is 0.492 e. The van der Waals surface area contributed by atoms with E-state index >= 15 is 0 Å². The van der Waals surface area contributed by atoms with Crippen LogP contribution < -0.4 is 4.74 Å². The molecule has 0 unspecified atom stereocenters. The molecule has 0 saturated heterocycles. The van der Waals surface area contributed by atoms with Crippen LogP contribution >= 0.6 is 11.3 Å². The van der Waals surface area contributed by atoms with E-state index in [9.17, 15) is 8.42 Å². The highest BCUT2D eigenvalue weighted by atomic mass is 32.2. The van der Waals surface area contributed by atoms with Crippen molar-refractivity contribution in [3.8, 4) is 5.75 Å². The van der Waals surface area contributed by atoms with Crippen molar-refractivity contribution in [3.63, 3.8) is 0 Å². The Morgan fingerprint density at radius 1 is 1.17 bits per heavy atom. The molecule has 0 amide bonds. The zero-order chi connectivity index (χ0) is 13.3. The smallest absolute Gasteiger partial charge is 0.264 e. The van der Waals surface area contributed by atoms with E-state index in [1.165, 1.54) is 11.3 Å². The minimum atomic E-state index is -3.78. The Hall–Kier alpha value is -0.590. The molecule has 0 fully saturated rings. The molecule has 6 heteroatoms. The van der Waals surface area contributed by atoms with Crippen LogP contribution in [0.3, 0.4) is 0 Å². The van der Waals surface area contributed by atoms with Crippen LogP contribution in [0.15, 0.2) is 6.07 Å². The number of hydrogen-bond acceptors (Lipinski definition) is 4. The quantitative estimate of drug-likeness (QED) is 0.531. The molecule has 0 atom stereocenters. The van der Waals surface area contributed by atoms with Crippen LogP contribution in [-0.4, -0.2) is 25.3 Å². The summed E-state index contributed by atoms with van der Waals surface area (Å²) in [7, 11) is -3.78. The number of hydrogen-bond donors (Lipinski definition) is 1. The summed E-state index contributed by atoms with van der Waals surface area (Å²) in [6.07, 6.45) is 5.49. The van der Waals surface area contributed by atoms with Gasteiger partial charge < -0.3 is 4.74 Å². The summed E-state index contributed by atoms with van der Waals surface area (Å²) in [5.41, 5.74) is 0. The van der Waals surface area contributed by atoms with Crippen LogP contribution in [0.5, 0.6) is 5.75 Å². The number of rotatable bonds is 10. The molecule has 1 rings (SSSR count). The Morgan fingerprint density at radius 2 is 1.83 bits per heavy atom. The van der Waals surface area contributed by atoms with Crippen LogP contribution in [-0.2, 0) is 10.1 Å². The van der Waals surface area contributed by atoms with Crippen molar-refractivity contribution in [2.75, 3.05) is 12.4 Å². The first-order valence-corrected chi connectivity index (χ1v) is 8.46. The lowest BCUT2D eigenvalue weighted by molar-refractivity contribution is 0.305. The van der Waals surface area contributed by atoms with Gasteiger partial charge >= 0.3 is 0 Å². The fraction of sp³-hybridized carbons (Fsp3) is 0.667. The second kappa shape index (κ2) is 8.50. The zero-order valence-electron chi connectivity index (χ0n) is 10.2. The van der Waals surface area contributed by atoms with E-state index in [0.717, 1.165) is 37.9 Å². The van der Waals surface area contributed by atoms with Gasteiger partial charge in [-0.3, -0.25) is 4.55 Å². The van der Waals surface area contributed by atoms with Gasteiger partial charge in [0.15, 0.2) is 0 Å². The summed E-state index contributed by atoms with van der Waals surface area (Å²) in [4.78, 5) is 0.